The van der Waals surface area contributed by atoms with Gasteiger partial charge in [-0.05, 0) is 26.7 Å². The maximum absolute atomic E-state index is 5.85. The summed E-state index contributed by atoms with van der Waals surface area (Å²) in [5, 5.41) is 3.59. The third-order valence-corrected chi connectivity index (χ3v) is 3.35. The van der Waals surface area contributed by atoms with Crippen LogP contribution in [0.25, 0.3) is 0 Å². The van der Waals surface area contributed by atoms with E-state index in [2.05, 4.69) is 28.7 Å². The fourth-order valence-electron chi connectivity index (χ4n) is 2.52. The molecule has 0 atom stereocenters. The van der Waals surface area contributed by atoms with Crippen molar-refractivity contribution in [2.75, 3.05) is 5.73 Å². The van der Waals surface area contributed by atoms with E-state index >= 15 is 0 Å². The van der Waals surface area contributed by atoms with Gasteiger partial charge >= 0.3 is 0 Å². The number of imidazole rings is 1. The topological polar surface area (TPSA) is 55.9 Å². The highest BCUT2D eigenvalue weighted by Gasteiger charge is 2.16. The smallest absolute Gasteiger partial charge is 0.200 e. The predicted octanol–water partition coefficient (Wildman–Crippen LogP) is 2.08. The van der Waals surface area contributed by atoms with Crippen LogP contribution in [0.1, 0.15) is 51.3 Å². The van der Waals surface area contributed by atoms with Crippen LogP contribution in [0.15, 0.2) is 6.20 Å². The number of rotatable bonds is 4. The zero-order valence-electron chi connectivity index (χ0n) is 10.2. The van der Waals surface area contributed by atoms with Crippen LogP contribution in [0, 0.1) is 0 Å². The molecule has 0 bridgehead atoms. The van der Waals surface area contributed by atoms with Gasteiger partial charge in [-0.3, -0.25) is 0 Å². The van der Waals surface area contributed by atoms with E-state index in [4.69, 9.17) is 5.73 Å². The Balaban J connectivity index is 1.97. The summed E-state index contributed by atoms with van der Waals surface area (Å²) in [4.78, 5) is 4.18. The van der Waals surface area contributed by atoms with Crippen molar-refractivity contribution in [3.05, 3.63) is 11.9 Å². The molecule has 0 aliphatic heterocycles. The molecule has 3 N–H and O–H groups in total. The van der Waals surface area contributed by atoms with Crippen molar-refractivity contribution < 1.29 is 0 Å². The Kier molecular flexibility index (Phi) is 3.49. The van der Waals surface area contributed by atoms with Gasteiger partial charge < -0.3 is 15.6 Å². The molecule has 0 unspecified atom stereocenters. The van der Waals surface area contributed by atoms with Crippen LogP contribution in [0.2, 0.25) is 0 Å². The lowest BCUT2D eigenvalue weighted by Crippen LogP contribution is -2.27. The molecule has 0 saturated heterocycles. The quantitative estimate of drug-likeness (QED) is 0.820. The molecule has 90 valence electrons. The highest BCUT2D eigenvalue weighted by Crippen LogP contribution is 2.19. The fourth-order valence-corrected chi connectivity index (χ4v) is 2.52. The average molecular weight is 222 g/mol. The third-order valence-electron chi connectivity index (χ3n) is 3.35. The van der Waals surface area contributed by atoms with Crippen molar-refractivity contribution in [3.63, 3.8) is 0 Å². The minimum Gasteiger partial charge on any atom is -0.369 e. The van der Waals surface area contributed by atoms with Crippen LogP contribution in [0.5, 0.6) is 0 Å². The van der Waals surface area contributed by atoms with Crippen LogP contribution in [0.3, 0.4) is 0 Å². The number of nitrogens with two attached hydrogens (primary N) is 1. The molecular weight excluding hydrogens is 200 g/mol. The van der Waals surface area contributed by atoms with Crippen LogP contribution in [-0.2, 0) is 6.54 Å². The fraction of sp³-hybridized carbons (Fsp3) is 0.750. The van der Waals surface area contributed by atoms with Crippen molar-refractivity contribution in [1.29, 1.82) is 0 Å². The highest BCUT2D eigenvalue weighted by molar-refractivity contribution is 5.23. The summed E-state index contributed by atoms with van der Waals surface area (Å²) >= 11 is 0. The van der Waals surface area contributed by atoms with E-state index in [9.17, 15) is 0 Å². The SMILES string of the molecule is CC(C)n1c(CNC2CCCC2)cnc1N. The minimum absolute atomic E-state index is 0.378. The van der Waals surface area contributed by atoms with Gasteiger partial charge in [0.05, 0.1) is 11.9 Å². The summed E-state index contributed by atoms with van der Waals surface area (Å²) < 4.78 is 2.10. The molecule has 2 rings (SSSR count). The number of nitrogens with zero attached hydrogens (tertiary/aromatic N) is 2. The van der Waals surface area contributed by atoms with Gasteiger partial charge in [-0.15, -0.1) is 0 Å². The molecule has 0 aromatic carbocycles. The van der Waals surface area contributed by atoms with Gasteiger partial charge in [-0.1, -0.05) is 12.8 Å². The maximum Gasteiger partial charge on any atom is 0.200 e. The molecule has 1 aliphatic rings. The first-order valence-corrected chi connectivity index (χ1v) is 6.23. The van der Waals surface area contributed by atoms with Crippen molar-refractivity contribution in [2.24, 2.45) is 0 Å². The highest BCUT2D eigenvalue weighted by atomic mass is 15.2. The van der Waals surface area contributed by atoms with Crippen molar-refractivity contribution in [2.45, 2.75) is 58.2 Å². The van der Waals surface area contributed by atoms with Crippen molar-refractivity contribution >= 4 is 5.95 Å². The average Bonchev–Trinajstić information content (AvgIpc) is 2.83. The molecular formula is C12H22N4. The second-order valence-electron chi connectivity index (χ2n) is 4.93. The molecule has 0 radical (unpaired) electrons. The largest absolute Gasteiger partial charge is 0.369 e. The van der Waals surface area contributed by atoms with Gasteiger partial charge in [0.1, 0.15) is 0 Å². The summed E-state index contributed by atoms with van der Waals surface area (Å²) in [7, 11) is 0. The van der Waals surface area contributed by atoms with Gasteiger partial charge in [-0.25, -0.2) is 4.98 Å². The molecule has 1 aliphatic carbocycles. The first-order chi connectivity index (χ1) is 7.68. The summed E-state index contributed by atoms with van der Waals surface area (Å²) in [6, 6.07) is 1.07. The van der Waals surface area contributed by atoms with E-state index in [1.807, 2.05) is 6.20 Å². The summed E-state index contributed by atoms with van der Waals surface area (Å²) in [6.07, 6.45) is 7.24. The minimum atomic E-state index is 0.378. The third kappa shape index (κ3) is 2.38. The summed E-state index contributed by atoms with van der Waals surface area (Å²) in [5.41, 5.74) is 7.04. The Bertz CT molecular complexity index is 337. The lowest BCUT2D eigenvalue weighted by molar-refractivity contribution is 0.494. The zero-order valence-corrected chi connectivity index (χ0v) is 10.2. The Hall–Kier alpha value is -1.03. The molecule has 4 heteroatoms. The zero-order chi connectivity index (χ0) is 11.5. The standard InChI is InChI=1S/C12H22N4/c1-9(2)16-11(8-15-12(16)13)7-14-10-5-3-4-6-10/h8-10,14H,3-7H2,1-2H3,(H2,13,15). The van der Waals surface area contributed by atoms with Gasteiger partial charge in [0.2, 0.25) is 5.95 Å². The molecule has 1 aromatic heterocycles. The normalized spacial score (nSPS) is 17.4. The van der Waals surface area contributed by atoms with E-state index in [-0.39, 0.29) is 0 Å². The lowest BCUT2D eigenvalue weighted by atomic mass is 10.2. The Labute approximate surface area is 97.2 Å². The van der Waals surface area contributed by atoms with E-state index in [0.717, 1.165) is 6.54 Å². The molecule has 1 heterocycles. The van der Waals surface area contributed by atoms with Crippen LogP contribution in [0.4, 0.5) is 5.95 Å². The Morgan fingerprint density at radius 1 is 1.50 bits per heavy atom. The maximum atomic E-state index is 5.85. The van der Waals surface area contributed by atoms with E-state index in [1.54, 1.807) is 0 Å². The molecule has 1 fully saturated rings. The molecule has 16 heavy (non-hydrogen) atoms. The molecule has 0 spiro atoms. The first-order valence-electron chi connectivity index (χ1n) is 6.23. The van der Waals surface area contributed by atoms with Gasteiger partial charge in [-0.2, -0.15) is 0 Å². The number of nitrogens with one attached hydrogen (secondary N) is 1. The van der Waals surface area contributed by atoms with Crippen molar-refractivity contribution in [1.82, 2.24) is 14.9 Å². The van der Waals surface area contributed by atoms with E-state index < -0.39 is 0 Å². The molecule has 1 aromatic rings. The van der Waals surface area contributed by atoms with Crippen molar-refractivity contribution in [3.8, 4) is 0 Å². The number of hydrogen-bond acceptors (Lipinski definition) is 3. The molecule has 4 nitrogen and oxygen atoms in total. The number of aromatic nitrogens is 2. The predicted molar refractivity (Wildman–Crippen MR) is 66.1 cm³/mol. The molecule has 0 amide bonds. The second-order valence-corrected chi connectivity index (χ2v) is 4.93. The number of hydrogen-bond donors (Lipinski definition) is 2. The van der Waals surface area contributed by atoms with Gasteiger partial charge in [0.25, 0.3) is 0 Å². The van der Waals surface area contributed by atoms with E-state index in [0.29, 0.717) is 18.0 Å². The van der Waals surface area contributed by atoms with E-state index in [1.165, 1.54) is 31.4 Å². The monoisotopic (exact) mass is 222 g/mol. The molecule has 1 saturated carbocycles. The van der Waals surface area contributed by atoms with Gasteiger partial charge in [0.15, 0.2) is 0 Å². The first kappa shape index (κ1) is 11.5. The Morgan fingerprint density at radius 3 is 2.81 bits per heavy atom. The number of anilines is 1. The van der Waals surface area contributed by atoms with Gasteiger partial charge in [0, 0.05) is 18.6 Å². The lowest BCUT2D eigenvalue weighted by Gasteiger charge is -2.16. The number of nitrogen functional groups attached to an aromatic ring is 1. The van der Waals surface area contributed by atoms with Crippen LogP contribution in [-0.4, -0.2) is 15.6 Å². The Morgan fingerprint density at radius 2 is 2.19 bits per heavy atom. The van der Waals surface area contributed by atoms with Crippen LogP contribution < -0.4 is 11.1 Å². The van der Waals surface area contributed by atoms with Crippen LogP contribution >= 0.6 is 0 Å². The summed E-state index contributed by atoms with van der Waals surface area (Å²) in [5.74, 6) is 0.623. The second kappa shape index (κ2) is 4.87. The summed E-state index contributed by atoms with van der Waals surface area (Å²) in [6.45, 7) is 5.15.